The maximum atomic E-state index is 15.3. The molecule has 11 heteroatoms. The number of ether oxygens (including phenoxy) is 2. The van der Waals surface area contributed by atoms with E-state index in [1.165, 1.54) is 44.6 Å². The quantitative estimate of drug-likeness (QED) is 0.146. The molecule has 2 amide bonds. The van der Waals surface area contributed by atoms with Crippen LogP contribution in [0.25, 0.3) is 5.57 Å². The highest BCUT2D eigenvalue weighted by atomic mass is 16.5. The fraction of sp³-hybridized carbons (Fsp3) is 0.238. The second-order valence-electron chi connectivity index (χ2n) is 14.0. The van der Waals surface area contributed by atoms with E-state index in [0.29, 0.717) is 22.3 Å². The molecule has 1 saturated heterocycles. The van der Waals surface area contributed by atoms with Crippen LogP contribution in [0.3, 0.4) is 0 Å². The lowest BCUT2D eigenvalue weighted by molar-refractivity contribution is -0.135. The topological polar surface area (TPSA) is 151 Å². The van der Waals surface area contributed by atoms with E-state index in [-0.39, 0.29) is 58.4 Å². The normalized spacial score (nSPS) is 26.3. The van der Waals surface area contributed by atoms with Gasteiger partial charge in [-0.2, -0.15) is 0 Å². The first kappa shape index (κ1) is 34.3. The van der Waals surface area contributed by atoms with Gasteiger partial charge in [0.05, 0.1) is 37.2 Å². The van der Waals surface area contributed by atoms with E-state index in [0.717, 1.165) is 4.90 Å². The number of fused-ring (bicyclic) bond motifs is 4. The molecule has 0 radical (unpaired) electrons. The van der Waals surface area contributed by atoms with Crippen molar-refractivity contribution in [2.45, 2.75) is 24.2 Å². The Bertz CT molecular complexity index is 2210. The Morgan fingerprint density at radius 3 is 2.09 bits per heavy atom. The summed E-state index contributed by atoms with van der Waals surface area (Å²) in [7, 11) is 1.10. The molecular formula is C42H36BNO9. The molecule has 1 heterocycles. The lowest BCUT2D eigenvalue weighted by Gasteiger charge is -2.55. The van der Waals surface area contributed by atoms with Crippen LogP contribution in [0.5, 0.6) is 17.2 Å². The molecular weight excluding hydrogens is 673 g/mol. The number of rotatable bonds is 7. The lowest BCUT2D eigenvalue weighted by Crippen LogP contribution is -2.59. The zero-order valence-corrected chi connectivity index (χ0v) is 29.0. The van der Waals surface area contributed by atoms with Crippen LogP contribution in [0.2, 0.25) is 0 Å². The molecule has 4 aromatic rings. The first-order valence-corrected chi connectivity index (χ1v) is 17.5. The minimum Gasteiger partial charge on any atom is -0.508 e. The van der Waals surface area contributed by atoms with Crippen LogP contribution >= 0.6 is 0 Å². The van der Waals surface area contributed by atoms with E-state index >= 15 is 9.59 Å². The first-order chi connectivity index (χ1) is 25.6. The molecule has 53 heavy (non-hydrogen) atoms. The van der Waals surface area contributed by atoms with E-state index in [1.54, 1.807) is 36.4 Å². The number of ketones is 2. The van der Waals surface area contributed by atoms with Crippen molar-refractivity contribution in [3.8, 4) is 17.2 Å². The van der Waals surface area contributed by atoms with E-state index in [2.05, 4.69) is 0 Å². The van der Waals surface area contributed by atoms with Crippen LogP contribution in [0.1, 0.15) is 35.4 Å². The van der Waals surface area contributed by atoms with Crippen LogP contribution < -0.4 is 19.8 Å². The Balaban J connectivity index is 1.39. The zero-order chi connectivity index (χ0) is 37.2. The van der Waals surface area contributed by atoms with Gasteiger partial charge in [-0.3, -0.25) is 24.1 Å². The number of benzene rings is 4. The summed E-state index contributed by atoms with van der Waals surface area (Å²) in [4.78, 5) is 60.4. The fourth-order valence-corrected chi connectivity index (χ4v) is 9.48. The number of imide groups is 1. The van der Waals surface area contributed by atoms with Crippen molar-refractivity contribution in [3.63, 3.8) is 0 Å². The SMILES string of the molecule is COc1cc(O)cc(OC)c1C1C2=CCC3C(=O)N(c4cccc(B(O)O)c4)C(=O)C3C2CC2C(=O)C(c3ccccc3)=CC(=O)C21c1ccccc1. The number of nitrogens with zero attached hydrogens (tertiary/aromatic N) is 1. The van der Waals surface area contributed by atoms with Gasteiger partial charge in [-0.1, -0.05) is 84.4 Å². The van der Waals surface area contributed by atoms with E-state index in [1.807, 2.05) is 42.5 Å². The van der Waals surface area contributed by atoms with E-state index in [9.17, 15) is 24.7 Å². The van der Waals surface area contributed by atoms with Crippen molar-refractivity contribution in [1.82, 2.24) is 0 Å². The van der Waals surface area contributed by atoms with Crippen molar-refractivity contribution in [2.24, 2.45) is 23.7 Å². The second kappa shape index (κ2) is 13.0. The van der Waals surface area contributed by atoms with Crippen molar-refractivity contribution in [2.75, 3.05) is 19.1 Å². The van der Waals surface area contributed by atoms with Gasteiger partial charge in [-0.25, -0.2) is 0 Å². The van der Waals surface area contributed by atoms with Gasteiger partial charge in [0.2, 0.25) is 11.8 Å². The Kier molecular flexibility index (Phi) is 8.43. The molecule has 4 aromatic carbocycles. The molecule has 3 N–H and O–H groups in total. The molecule has 2 fully saturated rings. The molecule has 0 bridgehead atoms. The maximum Gasteiger partial charge on any atom is 0.488 e. The molecule has 0 aromatic heterocycles. The number of methoxy groups -OCH3 is 2. The van der Waals surface area contributed by atoms with Crippen molar-refractivity contribution < 1.29 is 43.8 Å². The Labute approximate surface area is 306 Å². The van der Waals surface area contributed by atoms with Gasteiger partial charge in [-0.05, 0) is 53.6 Å². The number of phenols is 1. The third kappa shape index (κ3) is 5.09. The number of carbonyl (C=O) groups excluding carboxylic acids is 4. The highest BCUT2D eigenvalue weighted by Crippen LogP contribution is 2.65. The first-order valence-electron chi connectivity index (χ1n) is 17.5. The molecule has 3 aliphatic carbocycles. The van der Waals surface area contributed by atoms with Crippen molar-refractivity contribution in [3.05, 3.63) is 131 Å². The Morgan fingerprint density at radius 1 is 0.792 bits per heavy atom. The van der Waals surface area contributed by atoms with Gasteiger partial charge in [0.25, 0.3) is 0 Å². The van der Waals surface area contributed by atoms with Gasteiger partial charge in [0.15, 0.2) is 11.6 Å². The third-order valence-corrected chi connectivity index (χ3v) is 11.6. The molecule has 1 saturated carbocycles. The minimum atomic E-state index is -1.81. The van der Waals surface area contributed by atoms with Gasteiger partial charge in [0.1, 0.15) is 17.2 Å². The van der Waals surface area contributed by atoms with Gasteiger partial charge >= 0.3 is 7.12 Å². The minimum absolute atomic E-state index is 0.0953. The Hall–Kier alpha value is -5.78. The maximum absolute atomic E-state index is 15.3. The number of anilines is 1. The molecule has 1 aliphatic heterocycles. The molecule has 0 spiro atoms. The van der Waals surface area contributed by atoms with Crippen molar-refractivity contribution >= 4 is 47.2 Å². The molecule has 266 valence electrons. The fourth-order valence-electron chi connectivity index (χ4n) is 9.48. The smallest absolute Gasteiger partial charge is 0.488 e. The highest BCUT2D eigenvalue weighted by Gasteiger charge is 2.66. The molecule has 6 atom stereocenters. The molecule has 8 rings (SSSR count). The number of allylic oxidation sites excluding steroid dienone is 4. The molecule has 4 aliphatic rings. The number of phenolic OH excluding ortho intramolecular Hbond substituents is 1. The largest absolute Gasteiger partial charge is 0.508 e. The number of Topliss-reactive ketones (excluding diaryl/α,β-unsaturated/α-hetero) is 1. The number of carbonyl (C=O) groups is 4. The summed E-state index contributed by atoms with van der Waals surface area (Å²) in [6, 6.07) is 27.1. The van der Waals surface area contributed by atoms with Crippen LogP contribution in [0, 0.1) is 23.7 Å². The summed E-state index contributed by atoms with van der Waals surface area (Å²) in [5.74, 6) is -5.33. The van der Waals surface area contributed by atoms with Gasteiger partial charge in [-0.15, -0.1) is 0 Å². The number of hydrogen-bond donors (Lipinski definition) is 3. The summed E-state index contributed by atoms with van der Waals surface area (Å²) in [6.07, 6.45) is 3.65. The third-order valence-electron chi connectivity index (χ3n) is 11.6. The van der Waals surface area contributed by atoms with E-state index < -0.39 is 53.9 Å². The predicted molar refractivity (Wildman–Crippen MR) is 197 cm³/mol. The standard InChI is InChI=1S/C42H36BNO9/c1-52-33-19-27(45)20-34(53-2)37(33)38-28-16-17-29-36(41(49)44(40(29)48)26-15-9-14-25(18-26)43(50)51)31(28)21-32-39(47)30(23-10-5-3-6-11-23)22-35(46)42(32,38)24-12-7-4-8-13-24/h3-16,18-20,22,29,31-32,36,38,45,50-51H,17,21H2,1-2H3. The summed E-state index contributed by atoms with van der Waals surface area (Å²) in [6.45, 7) is 0. The highest BCUT2D eigenvalue weighted by molar-refractivity contribution is 6.58. The predicted octanol–water partition coefficient (Wildman–Crippen LogP) is 4.12. The van der Waals surface area contributed by atoms with Crippen LogP contribution in [0.4, 0.5) is 5.69 Å². The van der Waals surface area contributed by atoms with Gasteiger partial charge in [0, 0.05) is 35.1 Å². The molecule has 10 nitrogen and oxygen atoms in total. The second-order valence-corrected chi connectivity index (χ2v) is 14.0. The zero-order valence-electron chi connectivity index (χ0n) is 29.0. The number of aromatic hydroxyl groups is 1. The number of amides is 2. The molecule has 6 unspecified atom stereocenters. The van der Waals surface area contributed by atoms with E-state index in [4.69, 9.17) is 9.47 Å². The van der Waals surface area contributed by atoms with Crippen LogP contribution in [0.15, 0.2) is 115 Å². The monoisotopic (exact) mass is 709 g/mol. The van der Waals surface area contributed by atoms with Crippen LogP contribution in [-0.2, 0) is 24.6 Å². The summed E-state index contributed by atoms with van der Waals surface area (Å²) in [5, 5.41) is 30.5. The van der Waals surface area contributed by atoms with Crippen LogP contribution in [-0.4, -0.2) is 59.9 Å². The summed E-state index contributed by atoms with van der Waals surface area (Å²) < 4.78 is 11.8. The number of hydrogen-bond acceptors (Lipinski definition) is 9. The van der Waals surface area contributed by atoms with Gasteiger partial charge < -0.3 is 24.6 Å². The lowest BCUT2D eigenvalue weighted by atomic mass is 9.44. The average molecular weight is 710 g/mol. The average Bonchev–Trinajstić information content (AvgIpc) is 3.44. The summed E-state index contributed by atoms with van der Waals surface area (Å²) >= 11 is 0. The van der Waals surface area contributed by atoms with Crippen molar-refractivity contribution in [1.29, 1.82) is 0 Å². The summed E-state index contributed by atoms with van der Waals surface area (Å²) in [5.41, 5.74) is 1.42. The Morgan fingerprint density at radius 2 is 1.45 bits per heavy atom.